The summed E-state index contributed by atoms with van der Waals surface area (Å²) in [7, 11) is -3.97. The zero-order valence-electron chi connectivity index (χ0n) is 17.4. The molecule has 0 amide bonds. The molecule has 0 N–H and O–H groups in total. The quantitative estimate of drug-likeness (QED) is 0.482. The van der Waals surface area contributed by atoms with E-state index in [9.17, 15) is 21.6 Å². The van der Waals surface area contributed by atoms with Gasteiger partial charge in [-0.05, 0) is 56.2 Å². The molecule has 5 nitrogen and oxygen atoms in total. The van der Waals surface area contributed by atoms with Crippen LogP contribution < -0.4 is 9.64 Å². The summed E-state index contributed by atoms with van der Waals surface area (Å²) in [6, 6.07) is 10.3. The Kier molecular flexibility index (Phi) is 6.45. The zero-order chi connectivity index (χ0) is 22.8. The van der Waals surface area contributed by atoms with Crippen molar-refractivity contribution in [2.24, 2.45) is 0 Å². The number of benzene rings is 2. The van der Waals surface area contributed by atoms with Gasteiger partial charge in [0.15, 0.2) is 0 Å². The number of halogens is 3. The van der Waals surface area contributed by atoms with E-state index in [0.29, 0.717) is 24.3 Å². The summed E-state index contributed by atoms with van der Waals surface area (Å²) in [5.74, 6) is -0.433. The maximum absolute atomic E-state index is 13.5. The van der Waals surface area contributed by atoms with E-state index in [1.807, 2.05) is 20.8 Å². The maximum Gasteiger partial charge on any atom is 0.573 e. The zero-order valence-corrected chi connectivity index (χ0v) is 18.2. The highest BCUT2D eigenvalue weighted by Gasteiger charge is 2.32. The van der Waals surface area contributed by atoms with E-state index in [1.54, 1.807) is 17.0 Å². The van der Waals surface area contributed by atoms with E-state index >= 15 is 0 Å². The molecule has 0 unspecified atom stereocenters. The highest BCUT2D eigenvalue weighted by atomic mass is 32.2. The van der Waals surface area contributed by atoms with E-state index in [4.69, 9.17) is 0 Å². The van der Waals surface area contributed by atoms with Gasteiger partial charge in [-0.1, -0.05) is 19.1 Å². The van der Waals surface area contributed by atoms with E-state index in [1.165, 1.54) is 30.5 Å². The lowest BCUT2D eigenvalue weighted by Gasteiger charge is -2.26. The van der Waals surface area contributed by atoms with Crippen molar-refractivity contribution < 1.29 is 26.3 Å². The van der Waals surface area contributed by atoms with Crippen LogP contribution >= 0.6 is 0 Å². The number of alkyl halides is 3. The van der Waals surface area contributed by atoms with Crippen LogP contribution in [0.25, 0.3) is 10.9 Å². The summed E-state index contributed by atoms with van der Waals surface area (Å²) in [5, 5.41) is 0.275. The molecule has 0 fully saturated rings. The molecule has 0 saturated heterocycles. The molecule has 0 atom stereocenters. The van der Waals surface area contributed by atoms with Crippen LogP contribution in [0.2, 0.25) is 0 Å². The number of pyridine rings is 1. The van der Waals surface area contributed by atoms with Gasteiger partial charge in [-0.3, -0.25) is 4.98 Å². The van der Waals surface area contributed by atoms with Crippen LogP contribution in [-0.4, -0.2) is 32.9 Å². The Bertz CT molecular complexity index is 1170. The van der Waals surface area contributed by atoms with E-state index in [2.05, 4.69) is 9.72 Å². The van der Waals surface area contributed by atoms with Crippen LogP contribution in [0.3, 0.4) is 0 Å². The summed E-state index contributed by atoms with van der Waals surface area (Å²) in [4.78, 5) is 6.04. The molecular formula is C22H23F3N2O3S. The number of anilines is 1. The number of rotatable bonds is 7. The van der Waals surface area contributed by atoms with Gasteiger partial charge < -0.3 is 9.64 Å². The first-order valence-electron chi connectivity index (χ1n) is 9.88. The molecule has 1 heterocycles. The molecule has 0 aliphatic carbocycles. The lowest BCUT2D eigenvalue weighted by molar-refractivity contribution is -0.274. The smallest absolute Gasteiger partial charge is 0.406 e. The predicted molar refractivity (Wildman–Crippen MR) is 113 cm³/mol. The summed E-state index contributed by atoms with van der Waals surface area (Å²) in [6.45, 7) is 6.57. The van der Waals surface area contributed by atoms with Crippen molar-refractivity contribution in [1.82, 2.24) is 4.98 Å². The lowest BCUT2D eigenvalue weighted by atomic mass is 10.1. The Hall–Kier alpha value is -2.81. The molecule has 3 aromatic rings. The first kappa shape index (κ1) is 22.9. The van der Waals surface area contributed by atoms with Gasteiger partial charge in [0.2, 0.25) is 9.84 Å². The molecule has 0 radical (unpaired) electrons. The Balaban J connectivity index is 2.27. The molecule has 9 heteroatoms. The Morgan fingerprint density at radius 1 is 1.00 bits per heavy atom. The fraction of sp³-hybridized carbons (Fsp3) is 0.318. The number of nitrogens with zero attached hydrogens (tertiary/aromatic N) is 2. The number of sulfone groups is 1. The fourth-order valence-electron chi connectivity index (χ4n) is 3.43. The van der Waals surface area contributed by atoms with Crippen molar-refractivity contribution >= 4 is 26.4 Å². The number of hydrogen-bond donors (Lipinski definition) is 0. The third kappa shape index (κ3) is 4.76. The van der Waals surface area contributed by atoms with Gasteiger partial charge in [-0.15, -0.1) is 13.2 Å². The fourth-order valence-corrected chi connectivity index (χ4v) is 4.86. The largest absolute Gasteiger partial charge is 0.573 e. The minimum atomic E-state index is -4.86. The summed E-state index contributed by atoms with van der Waals surface area (Å²) in [6.07, 6.45) is -2.82. The van der Waals surface area contributed by atoms with Crippen LogP contribution in [0, 0.1) is 0 Å². The van der Waals surface area contributed by atoms with Crippen molar-refractivity contribution in [3.8, 4) is 5.75 Å². The summed E-state index contributed by atoms with van der Waals surface area (Å²) >= 11 is 0. The van der Waals surface area contributed by atoms with Crippen molar-refractivity contribution in [2.75, 3.05) is 18.0 Å². The van der Waals surface area contributed by atoms with E-state index in [0.717, 1.165) is 18.1 Å². The van der Waals surface area contributed by atoms with Gasteiger partial charge in [0, 0.05) is 24.7 Å². The van der Waals surface area contributed by atoms with Crippen LogP contribution in [0.1, 0.15) is 26.3 Å². The molecule has 3 rings (SSSR count). The monoisotopic (exact) mass is 452 g/mol. The maximum atomic E-state index is 13.5. The van der Waals surface area contributed by atoms with E-state index in [-0.39, 0.29) is 15.2 Å². The molecule has 0 bridgehead atoms. The van der Waals surface area contributed by atoms with E-state index < -0.39 is 21.9 Å². The van der Waals surface area contributed by atoms with Gasteiger partial charge in [-0.2, -0.15) is 0 Å². The van der Waals surface area contributed by atoms with Gasteiger partial charge in [0.05, 0.1) is 16.1 Å². The Morgan fingerprint density at radius 2 is 1.65 bits per heavy atom. The molecule has 1 aromatic heterocycles. The second-order valence-corrected chi connectivity index (χ2v) is 8.79. The Morgan fingerprint density at radius 3 is 2.19 bits per heavy atom. The van der Waals surface area contributed by atoms with Crippen LogP contribution in [0.4, 0.5) is 18.9 Å². The van der Waals surface area contributed by atoms with Gasteiger partial charge >= 0.3 is 6.36 Å². The molecule has 166 valence electrons. The molecule has 31 heavy (non-hydrogen) atoms. The molecule has 2 aromatic carbocycles. The number of hydrogen-bond acceptors (Lipinski definition) is 5. The minimum absolute atomic E-state index is 0.0582. The number of aromatic nitrogens is 1. The SMILES string of the molecule is CCc1ccc(S(=O)(=O)c2cnc3ccc(OC(F)(F)F)cc3c2N(CC)CC)cc1. The molecule has 0 aliphatic heterocycles. The van der Waals surface area contributed by atoms with Crippen molar-refractivity contribution in [1.29, 1.82) is 0 Å². The van der Waals surface area contributed by atoms with Gasteiger partial charge in [-0.25, -0.2) is 8.42 Å². The minimum Gasteiger partial charge on any atom is -0.406 e. The second-order valence-electron chi connectivity index (χ2n) is 6.87. The molecular weight excluding hydrogens is 429 g/mol. The lowest BCUT2D eigenvalue weighted by Crippen LogP contribution is -2.25. The molecule has 0 saturated carbocycles. The first-order valence-corrected chi connectivity index (χ1v) is 11.4. The summed E-state index contributed by atoms with van der Waals surface area (Å²) in [5.41, 5.74) is 1.67. The molecule has 0 spiro atoms. The second kappa shape index (κ2) is 8.74. The topological polar surface area (TPSA) is 59.5 Å². The first-order chi connectivity index (χ1) is 14.6. The normalized spacial score (nSPS) is 12.2. The van der Waals surface area contributed by atoms with Crippen LogP contribution in [-0.2, 0) is 16.3 Å². The van der Waals surface area contributed by atoms with Crippen molar-refractivity contribution in [2.45, 2.75) is 43.3 Å². The average Bonchev–Trinajstić information content (AvgIpc) is 2.73. The third-order valence-electron chi connectivity index (χ3n) is 5.02. The Labute approximate surface area is 179 Å². The van der Waals surface area contributed by atoms with Crippen molar-refractivity contribution in [3.63, 3.8) is 0 Å². The highest BCUT2D eigenvalue weighted by Crippen LogP contribution is 2.38. The van der Waals surface area contributed by atoms with Gasteiger partial charge in [0.25, 0.3) is 0 Å². The number of fused-ring (bicyclic) bond motifs is 1. The van der Waals surface area contributed by atoms with Gasteiger partial charge in [0.1, 0.15) is 10.6 Å². The standard InChI is InChI=1S/C22H23F3N2O3S/c1-4-15-7-10-17(11-8-15)31(28,29)20-14-26-19-12-9-16(30-22(23,24)25)13-18(19)21(20)27(5-2)6-3/h7-14H,4-6H2,1-3H3. The van der Waals surface area contributed by atoms with Crippen LogP contribution in [0.5, 0.6) is 5.75 Å². The summed E-state index contributed by atoms with van der Waals surface area (Å²) < 4.78 is 69.2. The highest BCUT2D eigenvalue weighted by molar-refractivity contribution is 7.91. The number of aryl methyl sites for hydroxylation is 1. The third-order valence-corrected chi connectivity index (χ3v) is 6.79. The number of ether oxygens (including phenoxy) is 1. The predicted octanol–water partition coefficient (Wildman–Crippen LogP) is 5.37. The van der Waals surface area contributed by atoms with Crippen LogP contribution in [0.15, 0.2) is 58.5 Å². The van der Waals surface area contributed by atoms with Crippen molar-refractivity contribution in [3.05, 3.63) is 54.2 Å². The average molecular weight is 452 g/mol. The molecule has 0 aliphatic rings.